The van der Waals surface area contributed by atoms with Crippen LogP contribution in [-0.4, -0.2) is 31.9 Å². The Hall–Kier alpha value is -1.47. The fraction of sp³-hybridized carbons (Fsp3) is 0.333. The predicted octanol–water partition coefficient (Wildman–Crippen LogP) is 2.98. The monoisotopic (exact) mass is 384 g/mol. The Kier molecular flexibility index (Phi) is 5.89. The quantitative estimate of drug-likeness (QED) is 0.884. The van der Waals surface area contributed by atoms with Crippen molar-refractivity contribution in [2.24, 2.45) is 5.73 Å². The molecule has 1 heterocycles. The van der Waals surface area contributed by atoms with Crippen molar-refractivity contribution in [3.05, 3.63) is 65.0 Å². The molecule has 2 aromatic carbocycles. The molecule has 0 aliphatic carbocycles. The minimum atomic E-state index is -3.69. The van der Waals surface area contributed by atoms with Crippen molar-refractivity contribution >= 4 is 22.4 Å². The van der Waals surface area contributed by atoms with E-state index < -0.39 is 10.0 Å². The fourth-order valence-corrected chi connectivity index (χ4v) is 4.92. The zero-order chi connectivity index (χ0) is 17.5. The van der Waals surface area contributed by atoms with E-state index in [1.54, 1.807) is 13.8 Å². The summed E-state index contributed by atoms with van der Waals surface area (Å²) in [5.74, 6) is -0.405. The van der Waals surface area contributed by atoms with Gasteiger partial charge in [0.05, 0.1) is 4.90 Å². The van der Waals surface area contributed by atoms with Gasteiger partial charge < -0.3 is 5.73 Å². The molecule has 1 aliphatic rings. The highest BCUT2D eigenvalue weighted by Crippen LogP contribution is 2.31. The molecule has 0 bridgehead atoms. The third kappa shape index (κ3) is 3.72. The Balaban J connectivity index is 0.00000225. The Morgan fingerprint density at radius 3 is 2.20 bits per heavy atom. The molecular weight excluding hydrogens is 363 g/mol. The highest BCUT2D eigenvalue weighted by molar-refractivity contribution is 7.89. The van der Waals surface area contributed by atoms with E-state index in [0.29, 0.717) is 17.7 Å². The Bertz CT molecular complexity index is 836. The van der Waals surface area contributed by atoms with Crippen molar-refractivity contribution in [2.75, 3.05) is 13.1 Å². The molecule has 1 aliphatic heterocycles. The van der Waals surface area contributed by atoms with E-state index >= 15 is 0 Å². The number of nitrogens with zero attached hydrogens (tertiary/aromatic N) is 1. The zero-order valence-electron chi connectivity index (χ0n) is 14.1. The lowest BCUT2D eigenvalue weighted by atomic mass is 9.95. The summed E-state index contributed by atoms with van der Waals surface area (Å²) in [7, 11) is -3.69. The maximum atomic E-state index is 13.8. The summed E-state index contributed by atoms with van der Waals surface area (Å²) in [4.78, 5) is 0.125. The topological polar surface area (TPSA) is 63.4 Å². The summed E-state index contributed by atoms with van der Waals surface area (Å²) in [5.41, 5.74) is 7.89. The van der Waals surface area contributed by atoms with Crippen LogP contribution >= 0.6 is 12.4 Å². The summed E-state index contributed by atoms with van der Waals surface area (Å²) in [6, 6.07) is 12.2. The summed E-state index contributed by atoms with van der Waals surface area (Å²) in [6.45, 7) is 3.74. The molecule has 7 heteroatoms. The van der Waals surface area contributed by atoms with Gasteiger partial charge in [0, 0.05) is 25.0 Å². The predicted molar refractivity (Wildman–Crippen MR) is 99.0 cm³/mol. The van der Waals surface area contributed by atoms with Crippen LogP contribution in [0.25, 0.3) is 0 Å². The summed E-state index contributed by atoms with van der Waals surface area (Å²) in [6.07, 6.45) is 0. The van der Waals surface area contributed by atoms with Gasteiger partial charge in [-0.25, -0.2) is 12.8 Å². The van der Waals surface area contributed by atoms with Gasteiger partial charge in [-0.15, -0.1) is 12.4 Å². The number of rotatable bonds is 3. The lowest BCUT2D eigenvalue weighted by Gasteiger charge is -2.17. The van der Waals surface area contributed by atoms with Crippen LogP contribution in [0.1, 0.15) is 22.6 Å². The lowest BCUT2D eigenvalue weighted by molar-refractivity contribution is 0.469. The second-order valence-corrected chi connectivity index (χ2v) is 8.31. The molecule has 3 rings (SSSR count). The second kappa shape index (κ2) is 7.41. The average molecular weight is 385 g/mol. The third-order valence-corrected chi connectivity index (χ3v) is 6.42. The highest BCUT2D eigenvalue weighted by Gasteiger charge is 2.38. The van der Waals surface area contributed by atoms with E-state index in [-0.39, 0.29) is 41.6 Å². The van der Waals surface area contributed by atoms with Crippen molar-refractivity contribution in [3.63, 3.8) is 0 Å². The van der Waals surface area contributed by atoms with E-state index in [2.05, 4.69) is 0 Å². The first-order valence-electron chi connectivity index (χ1n) is 7.88. The van der Waals surface area contributed by atoms with E-state index in [9.17, 15) is 12.8 Å². The molecule has 0 unspecified atom stereocenters. The van der Waals surface area contributed by atoms with Crippen molar-refractivity contribution in [1.29, 1.82) is 0 Å². The largest absolute Gasteiger partial charge is 0.326 e. The second-order valence-electron chi connectivity index (χ2n) is 6.37. The minimum Gasteiger partial charge on any atom is -0.326 e. The van der Waals surface area contributed by atoms with Crippen molar-refractivity contribution in [2.45, 2.75) is 30.7 Å². The van der Waals surface area contributed by atoms with Gasteiger partial charge in [-0.3, -0.25) is 0 Å². The van der Waals surface area contributed by atoms with Crippen LogP contribution in [0.5, 0.6) is 0 Å². The average Bonchev–Trinajstić information content (AvgIpc) is 2.95. The molecule has 1 fully saturated rings. The molecular formula is C18H22ClFN2O2S. The first kappa shape index (κ1) is 19.8. The van der Waals surface area contributed by atoms with Crippen LogP contribution in [0.2, 0.25) is 0 Å². The van der Waals surface area contributed by atoms with Gasteiger partial charge in [-0.05, 0) is 42.7 Å². The van der Waals surface area contributed by atoms with E-state index in [1.807, 2.05) is 30.3 Å². The highest BCUT2D eigenvalue weighted by atomic mass is 35.5. The van der Waals surface area contributed by atoms with Crippen LogP contribution in [-0.2, 0) is 10.0 Å². The van der Waals surface area contributed by atoms with Crippen LogP contribution in [0.4, 0.5) is 4.39 Å². The van der Waals surface area contributed by atoms with E-state index in [4.69, 9.17) is 5.73 Å². The van der Waals surface area contributed by atoms with Crippen molar-refractivity contribution < 1.29 is 12.8 Å². The molecule has 0 aromatic heterocycles. The number of aryl methyl sites for hydroxylation is 2. The molecule has 2 N–H and O–H groups in total. The smallest absolute Gasteiger partial charge is 0.243 e. The molecule has 136 valence electrons. The maximum Gasteiger partial charge on any atom is 0.243 e. The molecule has 0 radical (unpaired) electrons. The van der Waals surface area contributed by atoms with Gasteiger partial charge in [-0.2, -0.15) is 4.31 Å². The van der Waals surface area contributed by atoms with Gasteiger partial charge in [0.1, 0.15) is 5.82 Å². The minimum absolute atomic E-state index is 0. The summed E-state index contributed by atoms with van der Waals surface area (Å²) in [5, 5.41) is 0. The number of nitrogens with two attached hydrogens (primary N) is 1. The molecule has 25 heavy (non-hydrogen) atoms. The zero-order valence-corrected chi connectivity index (χ0v) is 15.8. The first-order valence-corrected chi connectivity index (χ1v) is 9.32. The molecule has 1 saturated heterocycles. The van der Waals surface area contributed by atoms with Crippen molar-refractivity contribution in [1.82, 2.24) is 4.31 Å². The van der Waals surface area contributed by atoms with Crippen molar-refractivity contribution in [3.8, 4) is 0 Å². The fourth-order valence-electron chi connectivity index (χ4n) is 3.24. The van der Waals surface area contributed by atoms with Gasteiger partial charge in [0.15, 0.2) is 0 Å². The Labute approximate surface area is 154 Å². The number of benzene rings is 2. The van der Waals surface area contributed by atoms with Gasteiger partial charge in [0.25, 0.3) is 0 Å². The van der Waals surface area contributed by atoms with Gasteiger partial charge in [0.2, 0.25) is 10.0 Å². The molecule has 2 aromatic rings. The Morgan fingerprint density at radius 2 is 1.64 bits per heavy atom. The van der Waals surface area contributed by atoms with Crippen LogP contribution in [0.3, 0.4) is 0 Å². The first-order chi connectivity index (χ1) is 11.3. The molecule has 0 amide bonds. The maximum absolute atomic E-state index is 13.8. The van der Waals surface area contributed by atoms with E-state index in [1.165, 1.54) is 16.4 Å². The van der Waals surface area contributed by atoms with Crippen LogP contribution < -0.4 is 5.73 Å². The standard InChI is InChI=1S/C18H21FN2O2S.ClH/c1-12-8-15(9-13(2)18(12)19)24(22,23)21-10-16(17(20)11-21)14-6-4-3-5-7-14;/h3-9,16-17H,10-11,20H2,1-2H3;1H/t16-,17+;/m0./s1. The van der Waals surface area contributed by atoms with Crippen LogP contribution in [0, 0.1) is 19.7 Å². The Morgan fingerprint density at radius 1 is 1.08 bits per heavy atom. The lowest BCUT2D eigenvalue weighted by Crippen LogP contribution is -2.32. The van der Waals surface area contributed by atoms with Gasteiger partial charge >= 0.3 is 0 Å². The summed E-state index contributed by atoms with van der Waals surface area (Å²) < 4.78 is 41.0. The summed E-state index contributed by atoms with van der Waals surface area (Å²) >= 11 is 0. The number of sulfonamides is 1. The van der Waals surface area contributed by atoms with Gasteiger partial charge in [-0.1, -0.05) is 30.3 Å². The van der Waals surface area contributed by atoms with Crippen LogP contribution in [0.15, 0.2) is 47.4 Å². The normalized spacial score (nSPS) is 21.1. The molecule has 2 atom stereocenters. The number of hydrogen-bond acceptors (Lipinski definition) is 3. The third-order valence-electron chi connectivity index (χ3n) is 4.61. The molecule has 4 nitrogen and oxygen atoms in total. The number of hydrogen-bond donors (Lipinski definition) is 1. The molecule has 0 spiro atoms. The SMILES string of the molecule is Cc1cc(S(=O)(=O)N2C[C@@H](N)[C@H](c3ccccc3)C2)cc(C)c1F.Cl. The number of halogens is 2. The molecule has 0 saturated carbocycles. The van der Waals surface area contributed by atoms with E-state index in [0.717, 1.165) is 5.56 Å².